The fourth-order valence-electron chi connectivity index (χ4n) is 2.70. The van der Waals surface area contributed by atoms with Gasteiger partial charge in [0.25, 0.3) is 5.91 Å². The van der Waals surface area contributed by atoms with Crippen molar-refractivity contribution < 1.29 is 33.4 Å². The maximum absolute atomic E-state index is 13.0. The normalized spacial score (nSPS) is 19.8. The van der Waals surface area contributed by atoms with Crippen molar-refractivity contribution in [3.63, 3.8) is 0 Å². The summed E-state index contributed by atoms with van der Waals surface area (Å²) in [5.41, 5.74) is -1.09. The van der Waals surface area contributed by atoms with Crippen LogP contribution in [0.15, 0.2) is 30.3 Å². The fraction of sp³-hybridized carbons (Fsp3) is 0.353. The van der Waals surface area contributed by atoms with Crippen molar-refractivity contribution in [2.45, 2.75) is 18.4 Å². The molecule has 1 aliphatic rings. The number of imide groups is 1. The zero-order valence-corrected chi connectivity index (χ0v) is 14.3. The lowest BCUT2D eigenvalue weighted by Crippen LogP contribution is -2.71. The molecule has 1 heterocycles. The molecule has 2 rings (SSSR count). The van der Waals surface area contributed by atoms with Gasteiger partial charge in [-0.2, -0.15) is 0 Å². The molecule has 1 N–H and O–H groups in total. The van der Waals surface area contributed by atoms with Crippen molar-refractivity contribution in [3.8, 4) is 0 Å². The van der Waals surface area contributed by atoms with Gasteiger partial charge in [0.2, 0.25) is 0 Å². The van der Waals surface area contributed by atoms with E-state index in [1.54, 1.807) is 30.3 Å². The predicted octanol–water partition coefficient (Wildman–Crippen LogP) is -0.811. The van der Waals surface area contributed by atoms with Gasteiger partial charge in [0, 0.05) is 6.42 Å². The maximum Gasteiger partial charge on any atom is 0.325 e. The molecule has 0 bridgehead atoms. The van der Waals surface area contributed by atoms with E-state index in [2.05, 4.69) is 14.8 Å². The molecule has 1 aliphatic heterocycles. The molecule has 26 heavy (non-hydrogen) atoms. The number of rotatable bonds is 6. The van der Waals surface area contributed by atoms with E-state index in [4.69, 9.17) is 0 Å². The second-order valence-corrected chi connectivity index (χ2v) is 5.72. The minimum atomic E-state index is -1.74. The Bertz CT molecular complexity index is 747. The molecule has 0 saturated carbocycles. The average Bonchev–Trinajstić information content (AvgIpc) is 2.64. The Balaban J connectivity index is 2.44. The monoisotopic (exact) mass is 362 g/mol. The number of amides is 3. The van der Waals surface area contributed by atoms with Crippen LogP contribution in [-0.4, -0.2) is 60.9 Å². The van der Waals surface area contributed by atoms with E-state index in [-0.39, 0.29) is 6.42 Å². The molecule has 3 amide bonds. The van der Waals surface area contributed by atoms with E-state index in [0.29, 0.717) is 10.5 Å². The lowest BCUT2D eigenvalue weighted by molar-refractivity contribution is -0.167. The molecule has 0 unspecified atom stereocenters. The molecule has 0 radical (unpaired) electrons. The van der Waals surface area contributed by atoms with Gasteiger partial charge in [-0.05, 0) is 5.56 Å². The van der Waals surface area contributed by atoms with Crippen LogP contribution in [0.25, 0.3) is 0 Å². The van der Waals surface area contributed by atoms with Crippen molar-refractivity contribution in [2.24, 2.45) is 0 Å². The zero-order chi connectivity index (χ0) is 19.3. The van der Waals surface area contributed by atoms with E-state index >= 15 is 0 Å². The van der Waals surface area contributed by atoms with Crippen LogP contribution >= 0.6 is 0 Å². The van der Waals surface area contributed by atoms with Crippen LogP contribution < -0.4 is 5.32 Å². The summed E-state index contributed by atoms with van der Waals surface area (Å²) in [6.07, 6.45) is -0.549. The topological polar surface area (TPSA) is 119 Å². The summed E-state index contributed by atoms with van der Waals surface area (Å²) >= 11 is 0. The SMILES string of the molecule is COC(=O)CN1C(=O)C(=O)N[C@@](CC(=O)OC)(Cc2ccccc2)C1=O. The molecule has 1 aromatic carbocycles. The Morgan fingerprint density at radius 3 is 2.23 bits per heavy atom. The number of ether oxygens (including phenoxy) is 2. The van der Waals surface area contributed by atoms with Crippen molar-refractivity contribution in [1.82, 2.24) is 10.2 Å². The van der Waals surface area contributed by atoms with Crippen LogP contribution in [0.3, 0.4) is 0 Å². The van der Waals surface area contributed by atoms with Crippen LogP contribution in [0.5, 0.6) is 0 Å². The highest BCUT2D eigenvalue weighted by atomic mass is 16.5. The standard InChI is InChI=1S/C17H18N2O7/c1-25-12(20)9-17(8-11-6-4-3-5-7-11)16(24)19(10-13(21)26-2)15(23)14(22)18-17/h3-7H,8-10H2,1-2H3,(H,18,22)/t17-/m1/s1. The van der Waals surface area contributed by atoms with Crippen LogP contribution in [0, 0.1) is 0 Å². The minimum Gasteiger partial charge on any atom is -0.469 e. The number of benzene rings is 1. The summed E-state index contributed by atoms with van der Waals surface area (Å²) in [6, 6.07) is 8.64. The second kappa shape index (κ2) is 7.77. The number of piperazine rings is 1. The molecule has 1 aromatic rings. The first-order valence-corrected chi connectivity index (χ1v) is 7.69. The molecule has 0 aromatic heterocycles. The van der Waals surface area contributed by atoms with Gasteiger partial charge in [0.1, 0.15) is 12.1 Å². The van der Waals surface area contributed by atoms with Gasteiger partial charge in [-0.25, -0.2) is 0 Å². The zero-order valence-electron chi connectivity index (χ0n) is 14.3. The Kier molecular flexibility index (Phi) is 5.71. The van der Waals surface area contributed by atoms with Crippen molar-refractivity contribution in [2.75, 3.05) is 20.8 Å². The van der Waals surface area contributed by atoms with Crippen molar-refractivity contribution in [3.05, 3.63) is 35.9 Å². The third-order valence-electron chi connectivity index (χ3n) is 3.98. The van der Waals surface area contributed by atoms with Crippen LogP contribution in [-0.2, 0) is 39.9 Å². The second-order valence-electron chi connectivity index (χ2n) is 5.72. The molecule has 0 aliphatic carbocycles. The van der Waals surface area contributed by atoms with E-state index in [1.165, 1.54) is 0 Å². The van der Waals surface area contributed by atoms with Crippen LogP contribution in [0.2, 0.25) is 0 Å². The fourth-order valence-corrected chi connectivity index (χ4v) is 2.70. The Hall–Kier alpha value is -3.23. The molecule has 0 spiro atoms. The molecule has 1 fully saturated rings. The molecule has 9 heteroatoms. The third-order valence-corrected chi connectivity index (χ3v) is 3.98. The summed E-state index contributed by atoms with van der Waals surface area (Å²) in [5, 5.41) is 2.33. The number of hydrogen-bond acceptors (Lipinski definition) is 7. The Morgan fingerprint density at radius 1 is 1.04 bits per heavy atom. The van der Waals surface area contributed by atoms with Gasteiger partial charge in [-0.15, -0.1) is 0 Å². The van der Waals surface area contributed by atoms with Gasteiger partial charge < -0.3 is 14.8 Å². The Labute approximate surface area is 149 Å². The number of hydrogen-bond donors (Lipinski definition) is 1. The van der Waals surface area contributed by atoms with Crippen molar-refractivity contribution >= 4 is 29.7 Å². The largest absolute Gasteiger partial charge is 0.469 e. The first-order chi connectivity index (χ1) is 12.3. The van der Waals surface area contributed by atoms with Crippen LogP contribution in [0.4, 0.5) is 0 Å². The van der Waals surface area contributed by atoms with Gasteiger partial charge >= 0.3 is 23.8 Å². The maximum atomic E-state index is 13.0. The van der Waals surface area contributed by atoms with E-state index < -0.39 is 48.2 Å². The summed E-state index contributed by atoms with van der Waals surface area (Å²) in [4.78, 5) is 61.1. The van der Waals surface area contributed by atoms with Gasteiger partial charge in [-0.3, -0.25) is 28.9 Å². The molecule has 1 saturated heterocycles. The molecule has 9 nitrogen and oxygen atoms in total. The minimum absolute atomic E-state index is 0.0571. The number of methoxy groups -OCH3 is 2. The summed E-state index contributed by atoms with van der Waals surface area (Å²) in [7, 11) is 2.23. The highest BCUT2D eigenvalue weighted by molar-refractivity contribution is 6.41. The number of carbonyl (C=O) groups is 5. The predicted molar refractivity (Wildman–Crippen MR) is 86.4 cm³/mol. The first-order valence-electron chi connectivity index (χ1n) is 7.69. The number of esters is 2. The summed E-state index contributed by atoms with van der Waals surface area (Å²) < 4.78 is 9.09. The third kappa shape index (κ3) is 3.88. The smallest absolute Gasteiger partial charge is 0.325 e. The lowest BCUT2D eigenvalue weighted by Gasteiger charge is -2.39. The van der Waals surface area contributed by atoms with Crippen LogP contribution in [0.1, 0.15) is 12.0 Å². The number of carbonyl (C=O) groups excluding carboxylic acids is 5. The molecular weight excluding hydrogens is 344 g/mol. The number of nitrogens with zero attached hydrogens (tertiary/aromatic N) is 1. The lowest BCUT2D eigenvalue weighted by atomic mass is 9.84. The first kappa shape index (κ1) is 19.1. The van der Waals surface area contributed by atoms with Gasteiger partial charge in [-0.1, -0.05) is 30.3 Å². The highest BCUT2D eigenvalue weighted by Gasteiger charge is 2.52. The number of nitrogens with one attached hydrogen (secondary N) is 1. The van der Waals surface area contributed by atoms with E-state index in [0.717, 1.165) is 14.2 Å². The van der Waals surface area contributed by atoms with E-state index in [1.807, 2.05) is 0 Å². The summed E-state index contributed by atoms with van der Waals surface area (Å²) in [6.45, 7) is -0.723. The van der Waals surface area contributed by atoms with Crippen molar-refractivity contribution in [1.29, 1.82) is 0 Å². The summed E-state index contributed by atoms with van der Waals surface area (Å²) in [5.74, 6) is -4.76. The Morgan fingerprint density at radius 2 is 1.65 bits per heavy atom. The molecular formula is C17H18N2O7. The highest BCUT2D eigenvalue weighted by Crippen LogP contribution is 2.25. The quantitative estimate of drug-likeness (QED) is 0.399. The van der Waals surface area contributed by atoms with Gasteiger partial charge in [0.15, 0.2) is 0 Å². The molecule has 138 valence electrons. The van der Waals surface area contributed by atoms with E-state index in [9.17, 15) is 24.0 Å². The average molecular weight is 362 g/mol. The molecule has 1 atom stereocenters. The van der Waals surface area contributed by atoms with Gasteiger partial charge in [0.05, 0.1) is 20.6 Å².